The SMILES string of the molecule is CCC1(Nc2cc[nH]c(=O)c2C(N)=Nc2ccc(C(=O)N3CCO[C@H](C)C3)c(C)c2)CCNCC1. The van der Waals surface area contributed by atoms with Crippen LogP contribution in [0.1, 0.15) is 54.6 Å². The summed E-state index contributed by atoms with van der Waals surface area (Å²) >= 11 is 0. The molecule has 0 bridgehead atoms. The van der Waals surface area contributed by atoms with Gasteiger partial charge in [0, 0.05) is 30.4 Å². The fourth-order valence-electron chi connectivity index (χ4n) is 4.92. The second-order valence-corrected chi connectivity index (χ2v) is 9.53. The quantitative estimate of drug-likeness (QED) is 0.372. The van der Waals surface area contributed by atoms with E-state index in [1.54, 1.807) is 18.3 Å². The van der Waals surface area contributed by atoms with Crippen LogP contribution in [-0.4, -0.2) is 66.1 Å². The fourth-order valence-corrected chi connectivity index (χ4v) is 4.92. The summed E-state index contributed by atoms with van der Waals surface area (Å²) in [5, 5.41) is 7.01. The monoisotopic (exact) mass is 480 g/mol. The molecule has 2 fully saturated rings. The molecular formula is C26H36N6O3. The van der Waals surface area contributed by atoms with Gasteiger partial charge in [-0.2, -0.15) is 0 Å². The van der Waals surface area contributed by atoms with Crippen molar-refractivity contribution in [3.05, 3.63) is 57.5 Å². The van der Waals surface area contributed by atoms with Crippen LogP contribution in [0, 0.1) is 6.92 Å². The van der Waals surface area contributed by atoms with Gasteiger partial charge in [0.15, 0.2) is 0 Å². The van der Waals surface area contributed by atoms with Crippen LogP contribution >= 0.6 is 0 Å². The number of hydrogen-bond acceptors (Lipinski definition) is 6. The maximum Gasteiger partial charge on any atom is 0.261 e. The lowest BCUT2D eigenvalue weighted by molar-refractivity contribution is -0.0124. The van der Waals surface area contributed by atoms with Gasteiger partial charge in [-0.3, -0.25) is 9.59 Å². The number of piperidine rings is 1. The van der Waals surface area contributed by atoms with Gasteiger partial charge in [-0.25, -0.2) is 4.99 Å². The third-order valence-corrected chi connectivity index (χ3v) is 7.07. The number of ether oxygens (including phenoxy) is 1. The Morgan fingerprint density at radius 3 is 2.77 bits per heavy atom. The van der Waals surface area contributed by atoms with Gasteiger partial charge in [0.05, 0.1) is 24.1 Å². The molecule has 0 saturated carbocycles. The third kappa shape index (κ3) is 5.57. The number of aromatic amines is 1. The van der Waals surface area contributed by atoms with E-state index >= 15 is 0 Å². The predicted molar refractivity (Wildman–Crippen MR) is 139 cm³/mol. The van der Waals surface area contributed by atoms with E-state index in [0.717, 1.165) is 37.9 Å². The zero-order valence-electron chi connectivity index (χ0n) is 20.8. The van der Waals surface area contributed by atoms with Crippen LogP contribution in [-0.2, 0) is 4.74 Å². The van der Waals surface area contributed by atoms with E-state index in [9.17, 15) is 9.59 Å². The Labute approximate surface area is 206 Å². The lowest BCUT2D eigenvalue weighted by atomic mass is 9.85. The Morgan fingerprint density at radius 2 is 2.09 bits per heavy atom. The van der Waals surface area contributed by atoms with Crippen molar-refractivity contribution in [3.8, 4) is 0 Å². The van der Waals surface area contributed by atoms with Crippen LogP contribution < -0.4 is 21.9 Å². The number of hydrogen-bond donors (Lipinski definition) is 4. The molecule has 2 saturated heterocycles. The van der Waals surface area contributed by atoms with Gasteiger partial charge in [0.25, 0.3) is 11.5 Å². The van der Waals surface area contributed by atoms with Gasteiger partial charge in [-0.05, 0) is 76.0 Å². The van der Waals surface area contributed by atoms with Gasteiger partial charge in [-0.1, -0.05) is 6.92 Å². The number of benzene rings is 1. The molecule has 2 aliphatic heterocycles. The smallest absolute Gasteiger partial charge is 0.261 e. The number of aliphatic imine (C=N–C) groups is 1. The number of H-pyrrole nitrogens is 1. The number of nitrogens with one attached hydrogen (secondary N) is 3. The molecule has 0 spiro atoms. The predicted octanol–water partition coefficient (Wildman–Crippen LogP) is 2.53. The molecule has 1 aromatic carbocycles. The number of carbonyl (C=O) groups excluding carboxylic acids is 1. The summed E-state index contributed by atoms with van der Waals surface area (Å²) in [7, 11) is 0. The van der Waals surface area contributed by atoms with Gasteiger partial charge in [-0.15, -0.1) is 0 Å². The van der Waals surface area contributed by atoms with Crippen molar-refractivity contribution in [2.24, 2.45) is 10.7 Å². The highest BCUT2D eigenvalue weighted by Gasteiger charge is 2.31. The molecule has 0 aliphatic carbocycles. The third-order valence-electron chi connectivity index (χ3n) is 7.07. The lowest BCUT2D eigenvalue weighted by Crippen LogP contribution is -2.47. The maximum atomic E-state index is 13.0. The van der Waals surface area contributed by atoms with Crippen molar-refractivity contribution >= 4 is 23.1 Å². The lowest BCUT2D eigenvalue weighted by Gasteiger charge is -2.39. The minimum Gasteiger partial charge on any atom is -0.383 e. The summed E-state index contributed by atoms with van der Waals surface area (Å²) in [4.78, 5) is 34.9. The number of anilines is 1. The zero-order chi connectivity index (χ0) is 25.0. The van der Waals surface area contributed by atoms with Crippen LogP contribution in [0.3, 0.4) is 0 Å². The van der Waals surface area contributed by atoms with Crippen LogP contribution in [0.25, 0.3) is 0 Å². The molecule has 1 amide bonds. The summed E-state index contributed by atoms with van der Waals surface area (Å²) in [5.41, 5.74) is 9.05. The van der Waals surface area contributed by atoms with Gasteiger partial charge in [0.1, 0.15) is 11.4 Å². The zero-order valence-corrected chi connectivity index (χ0v) is 20.8. The Morgan fingerprint density at radius 1 is 1.31 bits per heavy atom. The largest absolute Gasteiger partial charge is 0.383 e. The average Bonchev–Trinajstić information content (AvgIpc) is 2.84. The van der Waals surface area contributed by atoms with E-state index in [0.29, 0.717) is 42.2 Å². The number of aryl methyl sites for hydroxylation is 1. The molecule has 3 heterocycles. The van der Waals surface area contributed by atoms with E-state index in [-0.39, 0.29) is 28.9 Å². The first-order valence-electron chi connectivity index (χ1n) is 12.4. The second-order valence-electron chi connectivity index (χ2n) is 9.53. The molecule has 2 aliphatic rings. The number of pyridine rings is 1. The topological polar surface area (TPSA) is 125 Å². The fraction of sp³-hybridized carbons (Fsp3) is 0.500. The minimum atomic E-state index is -0.290. The summed E-state index contributed by atoms with van der Waals surface area (Å²) in [6.07, 6.45) is 4.52. The number of morpholine rings is 1. The van der Waals surface area contributed by atoms with E-state index in [4.69, 9.17) is 10.5 Å². The molecule has 2 aromatic rings. The summed E-state index contributed by atoms with van der Waals surface area (Å²) in [5.74, 6) is 0.119. The second kappa shape index (κ2) is 10.6. The van der Waals surface area contributed by atoms with Crippen molar-refractivity contribution in [3.63, 3.8) is 0 Å². The molecule has 9 heteroatoms. The van der Waals surface area contributed by atoms with Crippen LogP contribution in [0.2, 0.25) is 0 Å². The Bertz CT molecular complexity index is 1150. The molecule has 0 radical (unpaired) electrons. The van der Waals surface area contributed by atoms with Crippen LogP contribution in [0.5, 0.6) is 0 Å². The first kappa shape index (κ1) is 24.9. The van der Waals surface area contributed by atoms with Crippen molar-refractivity contribution < 1.29 is 9.53 Å². The number of nitrogens with zero attached hydrogens (tertiary/aromatic N) is 2. The molecular weight excluding hydrogens is 444 g/mol. The van der Waals surface area contributed by atoms with E-state index in [2.05, 4.69) is 27.5 Å². The molecule has 0 unspecified atom stereocenters. The average molecular weight is 481 g/mol. The highest BCUT2D eigenvalue weighted by atomic mass is 16.5. The molecule has 35 heavy (non-hydrogen) atoms. The molecule has 9 nitrogen and oxygen atoms in total. The van der Waals surface area contributed by atoms with E-state index in [1.165, 1.54) is 0 Å². The Balaban J connectivity index is 1.59. The standard InChI is InChI=1S/C26H36N6O3/c1-4-26(8-11-28-12-9-26)31-21-7-10-29-24(33)22(21)23(27)30-19-5-6-20(17(2)15-19)25(34)32-13-14-35-18(3)16-32/h5-7,10,15,18,28H,4,8-9,11-14,16H2,1-3H3,(H2,27,30)(H2,29,31,33)/t18-/m1/s1. The van der Waals surface area contributed by atoms with Crippen molar-refractivity contribution in [1.29, 1.82) is 0 Å². The number of amidine groups is 1. The maximum absolute atomic E-state index is 13.0. The first-order valence-corrected chi connectivity index (χ1v) is 12.4. The normalized spacial score (nSPS) is 20.5. The summed E-state index contributed by atoms with van der Waals surface area (Å²) < 4.78 is 5.55. The number of carbonyl (C=O) groups is 1. The summed E-state index contributed by atoms with van der Waals surface area (Å²) in [6, 6.07) is 7.21. The molecule has 1 atom stereocenters. The van der Waals surface area contributed by atoms with Gasteiger partial charge in [0.2, 0.25) is 0 Å². The van der Waals surface area contributed by atoms with Crippen molar-refractivity contribution in [1.82, 2.24) is 15.2 Å². The first-order chi connectivity index (χ1) is 16.8. The highest BCUT2D eigenvalue weighted by Crippen LogP contribution is 2.29. The van der Waals surface area contributed by atoms with Gasteiger partial charge >= 0.3 is 0 Å². The molecule has 188 valence electrons. The molecule has 5 N–H and O–H groups in total. The highest BCUT2D eigenvalue weighted by molar-refractivity contribution is 6.03. The van der Waals surface area contributed by atoms with Crippen LogP contribution in [0.15, 0.2) is 40.2 Å². The minimum absolute atomic E-state index is 0.0148. The van der Waals surface area contributed by atoms with Crippen molar-refractivity contribution in [2.45, 2.75) is 51.7 Å². The number of aromatic nitrogens is 1. The van der Waals surface area contributed by atoms with Crippen LogP contribution in [0.4, 0.5) is 11.4 Å². The van der Waals surface area contributed by atoms with E-state index in [1.807, 2.05) is 30.9 Å². The Kier molecular flexibility index (Phi) is 7.57. The summed E-state index contributed by atoms with van der Waals surface area (Å²) in [6.45, 7) is 9.57. The Hall–Kier alpha value is -3.17. The number of rotatable bonds is 6. The number of nitrogens with two attached hydrogens (primary N) is 1. The van der Waals surface area contributed by atoms with Gasteiger partial charge < -0.3 is 31.0 Å². The number of amides is 1. The molecule has 1 aromatic heterocycles. The van der Waals surface area contributed by atoms with Crippen molar-refractivity contribution in [2.75, 3.05) is 38.1 Å². The molecule has 4 rings (SSSR count). The van der Waals surface area contributed by atoms with E-state index < -0.39 is 0 Å².